The van der Waals surface area contributed by atoms with Gasteiger partial charge in [-0.25, -0.2) is 4.79 Å². The predicted molar refractivity (Wildman–Crippen MR) is 135 cm³/mol. The molecule has 0 spiro atoms. The number of benzene rings is 3. The number of rotatable bonds is 6. The Bertz CT molecular complexity index is 1420. The third-order valence-electron chi connectivity index (χ3n) is 5.33. The number of carbonyl (C=O) groups is 3. The van der Waals surface area contributed by atoms with Crippen molar-refractivity contribution in [2.24, 2.45) is 0 Å². The van der Waals surface area contributed by atoms with Crippen LogP contribution in [0.5, 0.6) is 0 Å². The van der Waals surface area contributed by atoms with E-state index >= 15 is 0 Å². The molecule has 0 bridgehead atoms. The second-order valence-electron chi connectivity index (χ2n) is 7.69. The van der Waals surface area contributed by atoms with Gasteiger partial charge in [0.25, 0.3) is 11.8 Å². The molecule has 9 heteroatoms. The molecular weight excluding hydrogens is 458 g/mol. The minimum absolute atomic E-state index is 0.0461. The lowest BCUT2D eigenvalue weighted by Gasteiger charge is -2.14. The molecule has 0 radical (unpaired) electrons. The third kappa shape index (κ3) is 4.93. The van der Waals surface area contributed by atoms with E-state index in [0.717, 1.165) is 0 Å². The number of anilines is 3. The van der Waals surface area contributed by atoms with E-state index in [1.807, 2.05) is 18.2 Å². The zero-order valence-corrected chi connectivity index (χ0v) is 19.2. The van der Waals surface area contributed by atoms with Gasteiger partial charge in [-0.1, -0.05) is 36.4 Å². The largest absolute Gasteiger partial charge is 0.464 e. The summed E-state index contributed by atoms with van der Waals surface area (Å²) in [5.41, 5.74) is 7.60. The molecule has 4 N–H and O–H groups in total. The normalized spacial score (nSPS) is 10.2. The average molecular weight is 479 g/mol. The van der Waals surface area contributed by atoms with Crippen molar-refractivity contribution in [3.63, 3.8) is 0 Å². The molecule has 0 saturated heterocycles. The van der Waals surface area contributed by atoms with E-state index in [4.69, 9.17) is 10.5 Å². The summed E-state index contributed by atoms with van der Waals surface area (Å²) in [4.78, 5) is 38.7. The highest BCUT2D eigenvalue weighted by atomic mass is 16.5. The molecule has 178 valence electrons. The number of nitriles is 1. The van der Waals surface area contributed by atoms with Gasteiger partial charge in [0.05, 0.1) is 18.4 Å². The number of nitrogens with zero attached hydrogens (tertiary/aromatic N) is 2. The molecule has 0 aliphatic carbocycles. The summed E-state index contributed by atoms with van der Waals surface area (Å²) in [6, 6.07) is 24.0. The fourth-order valence-electron chi connectivity index (χ4n) is 3.58. The lowest BCUT2D eigenvalue weighted by atomic mass is 10.1. The molecule has 1 heterocycles. The number of esters is 1. The van der Waals surface area contributed by atoms with Gasteiger partial charge in [0.15, 0.2) is 5.69 Å². The lowest BCUT2D eigenvalue weighted by Crippen LogP contribution is -2.17. The molecule has 1 aromatic heterocycles. The quantitative estimate of drug-likeness (QED) is 0.354. The van der Waals surface area contributed by atoms with Crippen LogP contribution >= 0.6 is 0 Å². The molecular formula is C27H21N5O4. The van der Waals surface area contributed by atoms with Crippen molar-refractivity contribution in [1.82, 2.24) is 4.57 Å². The Morgan fingerprint density at radius 3 is 1.81 bits per heavy atom. The average Bonchev–Trinajstić information content (AvgIpc) is 3.25. The van der Waals surface area contributed by atoms with Crippen LogP contribution in [0.1, 0.15) is 36.8 Å². The molecule has 0 unspecified atom stereocenters. The Kier molecular flexibility index (Phi) is 6.79. The maximum absolute atomic E-state index is 13.1. The smallest absolute Gasteiger partial charge is 0.357 e. The number of nitrogens with two attached hydrogens (primary N) is 1. The van der Waals surface area contributed by atoms with Crippen molar-refractivity contribution >= 4 is 34.8 Å². The zero-order chi connectivity index (χ0) is 25.7. The lowest BCUT2D eigenvalue weighted by molar-refractivity contribution is 0.0592. The summed E-state index contributed by atoms with van der Waals surface area (Å²) in [7, 11) is 1.19. The fraction of sp³-hybridized carbons (Fsp3) is 0.0370. The Balaban J connectivity index is 1.83. The van der Waals surface area contributed by atoms with E-state index in [-0.39, 0.29) is 33.8 Å². The minimum atomic E-state index is -0.775. The maximum Gasteiger partial charge on any atom is 0.357 e. The van der Waals surface area contributed by atoms with Gasteiger partial charge in [-0.05, 0) is 42.5 Å². The Labute approximate surface area is 206 Å². The predicted octanol–water partition coefficient (Wildman–Crippen LogP) is 4.22. The molecule has 4 rings (SSSR count). The van der Waals surface area contributed by atoms with Gasteiger partial charge < -0.3 is 25.7 Å². The molecule has 36 heavy (non-hydrogen) atoms. The molecule has 4 aromatic rings. The monoisotopic (exact) mass is 479 g/mol. The van der Waals surface area contributed by atoms with E-state index in [1.54, 1.807) is 48.5 Å². The van der Waals surface area contributed by atoms with Gasteiger partial charge in [0.2, 0.25) is 0 Å². The first-order chi connectivity index (χ1) is 17.4. The summed E-state index contributed by atoms with van der Waals surface area (Å²) in [5.74, 6) is -1.72. The van der Waals surface area contributed by atoms with Gasteiger partial charge in [-0.3, -0.25) is 9.59 Å². The van der Waals surface area contributed by atoms with Gasteiger partial charge in [0.1, 0.15) is 6.07 Å². The molecule has 3 aromatic carbocycles. The Morgan fingerprint density at radius 1 is 0.861 bits per heavy atom. The minimum Gasteiger partial charge on any atom is -0.464 e. The first-order valence-electron chi connectivity index (χ1n) is 10.8. The highest BCUT2D eigenvalue weighted by molar-refractivity contribution is 6.09. The van der Waals surface area contributed by atoms with Crippen molar-refractivity contribution in [3.05, 3.63) is 107 Å². The van der Waals surface area contributed by atoms with Crippen LogP contribution < -0.4 is 16.4 Å². The van der Waals surface area contributed by atoms with Crippen LogP contribution in [0.4, 0.5) is 17.1 Å². The van der Waals surface area contributed by atoms with E-state index < -0.39 is 17.8 Å². The third-order valence-corrected chi connectivity index (χ3v) is 5.33. The number of carbonyl (C=O) groups excluding carboxylic acids is 3. The van der Waals surface area contributed by atoms with E-state index in [9.17, 15) is 19.6 Å². The summed E-state index contributed by atoms with van der Waals surface area (Å²) in [6.45, 7) is 0. The molecule has 0 atom stereocenters. The number of hydrogen-bond donors (Lipinski definition) is 3. The van der Waals surface area contributed by atoms with Crippen LogP contribution in [-0.4, -0.2) is 29.5 Å². The molecule has 0 saturated carbocycles. The second kappa shape index (κ2) is 10.3. The van der Waals surface area contributed by atoms with Crippen LogP contribution in [0.25, 0.3) is 5.69 Å². The van der Waals surface area contributed by atoms with Gasteiger partial charge >= 0.3 is 5.97 Å². The van der Waals surface area contributed by atoms with E-state index in [0.29, 0.717) is 11.4 Å². The van der Waals surface area contributed by atoms with E-state index in [2.05, 4.69) is 10.6 Å². The summed E-state index contributed by atoms with van der Waals surface area (Å²) >= 11 is 0. The van der Waals surface area contributed by atoms with Crippen molar-refractivity contribution in [1.29, 1.82) is 5.26 Å². The summed E-state index contributed by atoms with van der Waals surface area (Å²) in [6.07, 6.45) is 1.36. The number of ether oxygens (including phenoxy) is 1. The van der Waals surface area contributed by atoms with Crippen LogP contribution in [0, 0.1) is 11.3 Å². The van der Waals surface area contributed by atoms with Crippen molar-refractivity contribution in [2.75, 3.05) is 23.5 Å². The topological polar surface area (TPSA) is 139 Å². The highest BCUT2D eigenvalue weighted by Gasteiger charge is 2.23. The van der Waals surface area contributed by atoms with Crippen molar-refractivity contribution in [2.45, 2.75) is 0 Å². The first kappa shape index (κ1) is 23.8. The first-order valence-corrected chi connectivity index (χ1v) is 10.8. The van der Waals surface area contributed by atoms with Crippen LogP contribution in [-0.2, 0) is 4.74 Å². The van der Waals surface area contributed by atoms with Gasteiger partial charge in [-0.15, -0.1) is 0 Å². The number of aromatic nitrogens is 1. The molecule has 0 aliphatic heterocycles. The summed E-state index contributed by atoms with van der Waals surface area (Å²) in [5, 5.41) is 15.0. The van der Waals surface area contributed by atoms with Crippen LogP contribution in [0.3, 0.4) is 0 Å². The molecule has 0 fully saturated rings. The highest BCUT2D eigenvalue weighted by Crippen LogP contribution is 2.27. The number of nitrogen functional groups attached to an aromatic ring is 1. The SMILES string of the molecule is COC(=O)c1c(N)c(C#N)cn1-c1cc(C(=O)Nc2ccccc2)cc(C(=O)Nc2ccccc2)c1. The van der Waals surface area contributed by atoms with Crippen molar-refractivity contribution < 1.29 is 19.1 Å². The van der Waals surface area contributed by atoms with Crippen LogP contribution in [0.15, 0.2) is 85.1 Å². The van der Waals surface area contributed by atoms with Gasteiger partial charge in [-0.2, -0.15) is 5.26 Å². The van der Waals surface area contributed by atoms with E-state index in [1.165, 1.54) is 36.1 Å². The number of hydrogen-bond acceptors (Lipinski definition) is 6. The Hall–Kier alpha value is -5.36. The zero-order valence-electron chi connectivity index (χ0n) is 19.2. The van der Waals surface area contributed by atoms with Crippen molar-refractivity contribution in [3.8, 4) is 11.8 Å². The fourth-order valence-corrected chi connectivity index (χ4v) is 3.58. The Morgan fingerprint density at radius 2 is 1.36 bits per heavy atom. The van der Waals surface area contributed by atoms with Crippen LogP contribution in [0.2, 0.25) is 0 Å². The number of methoxy groups -OCH3 is 1. The summed E-state index contributed by atoms with van der Waals surface area (Å²) < 4.78 is 6.17. The standard InChI is InChI=1S/C27H21N5O4/c1-36-27(35)24-23(29)19(15-28)16-32(24)22-13-17(25(33)30-20-8-4-2-5-9-20)12-18(14-22)26(34)31-21-10-6-3-7-11-21/h2-14,16H,29H2,1H3,(H,30,33)(H,31,34). The number of amides is 2. The molecule has 9 nitrogen and oxygen atoms in total. The number of nitrogens with one attached hydrogen (secondary N) is 2. The second-order valence-corrected chi connectivity index (χ2v) is 7.69. The van der Waals surface area contributed by atoms with Gasteiger partial charge in [0, 0.05) is 34.4 Å². The molecule has 2 amide bonds. The number of para-hydroxylation sites is 2. The molecule has 0 aliphatic rings. The maximum atomic E-state index is 13.1.